The Bertz CT molecular complexity index is 319. The van der Waals surface area contributed by atoms with Gasteiger partial charge in [-0.1, -0.05) is 0 Å². The van der Waals surface area contributed by atoms with Crippen molar-refractivity contribution >= 4 is 5.97 Å². The summed E-state index contributed by atoms with van der Waals surface area (Å²) in [4.78, 5) is 13.8. The van der Waals surface area contributed by atoms with Crippen LogP contribution in [0.15, 0.2) is 0 Å². The van der Waals surface area contributed by atoms with Crippen molar-refractivity contribution in [1.29, 1.82) is 0 Å². The topological polar surface area (TPSA) is 52.6 Å². The van der Waals surface area contributed by atoms with E-state index in [4.69, 9.17) is 0 Å². The van der Waals surface area contributed by atoms with Gasteiger partial charge >= 0.3 is 5.97 Å². The van der Waals surface area contributed by atoms with Crippen molar-refractivity contribution in [3.05, 3.63) is 0 Å². The van der Waals surface area contributed by atoms with Crippen LogP contribution in [0.2, 0.25) is 0 Å². The lowest BCUT2D eigenvalue weighted by Gasteiger charge is -2.30. The van der Waals surface area contributed by atoms with Gasteiger partial charge in [0.25, 0.3) is 0 Å². The number of carboxylic acid groups (broad SMARTS) is 1. The zero-order valence-corrected chi connectivity index (χ0v) is 11.8. The molecular weight excluding hydrogens is 228 g/mol. The third kappa shape index (κ3) is 2.69. The summed E-state index contributed by atoms with van der Waals surface area (Å²) in [5, 5.41) is 12.4. The Kier molecular flexibility index (Phi) is 3.97. The summed E-state index contributed by atoms with van der Waals surface area (Å²) in [6.07, 6.45) is 4.48. The molecule has 2 aliphatic heterocycles. The average Bonchev–Trinajstić information content (AvgIpc) is 2.87. The van der Waals surface area contributed by atoms with Gasteiger partial charge in [-0.2, -0.15) is 0 Å². The molecule has 2 heterocycles. The maximum atomic E-state index is 11.2. The fraction of sp³-hybridized carbons (Fsp3) is 0.929. The second kappa shape index (κ2) is 5.17. The lowest BCUT2D eigenvalue weighted by Crippen LogP contribution is -2.44. The Labute approximate surface area is 110 Å². The predicted molar refractivity (Wildman–Crippen MR) is 71.6 cm³/mol. The van der Waals surface area contributed by atoms with E-state index in [1.54, 1.807) is 0 Å². The van der Waals surface area contributed by atoms with E-state index in [0.717, 1.165) is 19.4 Å². The Morgan fingerprint density at radius 1 is 1.56 bits per heavy atom. The minimum absolute atomic E-state index is 0.510. The fourth-order valence-corrected chi connectivity index (χ4v) is 3.60. The van der Waals surface area contributed by atoms with E-state index in [1.807, 2.05) is 6.92 Å². The number of nitrogens with one attached hydrogen (secondary N) is 1. The van der Waals surface area contributed by atoms with Crippen molar-refractivity contribution < 1.29 is 9.90 Å². The molecule has 4 nitrogen and oxygen atoms in total. The highest BCUT2D eigenvalue weighted by molar-refractivity contribution is 5.78. The smallest absolute Gasteiger partial charge is 0.323 e. The first-order valence-corrected chi connectivity index (χ1v) is 7.16. The molecule has 2 aliphatic rings. The van der Waals surface area contributed by atoms with E-state index >= 15 is 0 Å². The molecule has 3 atom stereocenters. The summed E-state index contributed by atoms with van der Waals surface area (Å²) >= 11 is 0. The van der Waals surface area contributed by atoms with Crippen LogP contribution in [-0.4, -0.2) is 46.7 Å². The maximum absolute atomic E-state index is 11.2. The molecular formula is C14H26N2O2. The molecule has 0 spiro atoms. The molecule has 0 radical (unpaired) electrons. The van der Waals surface area contributed by atoms with Gasteiger partial charge in [-0.15, -0.1) is 0 Å². The summed E-state index contributed by atoms with van der Waals surface area (Å²) < 4.78 is 0. The van der Waals surface area contributed by atoms with Crippen LogP contribution in [-0.2, 0) is 4.79 Å². The highest BCUT2D eigenvalue weighted by atomic mass is 16.4. The van der Waals surface area contributed by atoms with Gasteiger partial charge in [0.05, 0.1) is 0 Å². The zero-order chi connectivity index (χ0) is 13.3. The van der Waals surface area contributed by atoms with Crippen molar-refractivity contribution in [2.75, 3.05) is 13.1 Å². The molecule has 0 aliphatic carbocycles. The van der Waals surface area contributed by atoms with Crippen LogP contribution < -0.4 is 5.32 Å². The largest absolute Gasteiger partial charge is 0.480 e. The number of hydrogen-bond acceptors (Lipinski definition) is 3. The van der Waals surface area contributed by atoms with Gasteiger partial charge in [0, 0.05) is 12.1 Å². The van der Waals surface area contributed by atoms with Gasteiger partial charge in [-0.25, -0.2) is 0 Å². The number of nitrogens with zero attached hydrogens (tertiary/aromatic N) is 1. The number of likely N-dealkylation sites (tertiary alicyclic amines) is 1. The number of aliphatic carboxylic acids is 1. The highest BCUT2D eigenvalue weighted by Crippen LogP contribution is 2.32. The lowest BCUT2D eigenvalue weighted by molar-refractivity contribution is -0.143. The number of rotatable bonds is 4. The Balaban J connectivity index is 1.90. The van der Waals surface area contributed by atoms with Crippen LogP contribution in [0.4, 0.5) is 0 Å². The van der Waals surface area contributed by atoms with Gasteiger partial charge < -0.3 is 10.4 Å². The minimum Gasteiger partial charge on any atom is -0.480 e. The van der Waals surface area contributed by atoms with Crippen LogP contribution in [0.5, 0.6) is 0 Å². The first-order chi connectivity index (χ1) is 8.42. The second-order valence-electron chi connectivity index (χ2n) is 6.45. The Morgan fingerprint density at radius 3 is 2.83 bits per heavy atom. The minimum atomic E-state index is -0.711. The van der Waals surface area contributed by atoms with Crippen molar-refractivity contribution in [2.24, 2.45) is 5.92 Å². The number of carboxylic acids is 1. The van der Waals surface area contributed by atoms with Crippen LogP contribution in [0.3, 0.4) is 0 Å². The predicted octanol–water partition coefficient (Wildman–Crippen LogP) is 1.70. The molecule has 2 rings (SSSR count). The fourth-order valence-electron chi connectivity index (χ4n) is 3.60. The third-order valence-electron chi connectivity index (χ3n) is 4.64. The molecule has 3 unspecified atom stereocenters. The molecule has 0 amide bonds. The summed E-state index contributed by atoms with van der Waals surface area (Å²) in [6, 6.07) is 1.27. The van der Waals surface area contributed by atoms with E-state index < -0.39 is 11.5 Å². The van der Waals surface area contributed by atoms with E-state index in [2.05, 4.69) is 24.1 Å². The Hall–Kier alpha value is -0.610. The molecule has 0 aromatic rings. The van der Waals surface area contributed by atoms with Crippen LogP contribution in [0.1, 0.15) is 46.5 Å². The molecule has 104 valence electrons. The highest BCUT2D eigenvalue weighted by Gasteiger charge is 2.42. The first kappa shape index (κ1) is 13.8. The van der Waals surface area contributed by atoms with E-state index in [-0.39, 0.29) is 0 Å². The van der Waals surface area contributed by atoms with Gasteiger partial charge in [0.1, 0.15) is 5.54 Å². The van der Waals surface area contributed by atoms with E-state index in [9.17, 15) is 9.90 Å². The number of carbonyl (C=O) groups is 1. The molecule has 0 aromatic heterocycles. The quantitative estimate of drug-likeness (QED) is 0.802. The molecule has 2 saturated heterocycles. The third-order valence-corrected chi connectivity index (χ3v) is 4.64. The van der Waals surface area contributed by atoms with Gasteiger partial charge in [0.15, 0.2) is 0 Å². The van der Waals surface area contributed by atoms with Gasteiger partial charge in [-0.05, 0) is 65.5 Å². The van der Waals surface area contributed by atoms with Crippen LogP contribution in [0, 0.1) is 5.92 Å². The van der Waals surface area contributed by atoms with Gasteiger partial charge in [0.2, 0.25) is 0 Å². The molecule has 4 heteroatoms. The van der Waals surface area contributed by atoms with Crippen LogP contribution >= 0.6 is 0 Å². The standard InChI is InChI=1S/C14H26N2O2/c1-10(2)16-6-4-5-12(16)7-11-8-14(3,13(17)18)15-9-11/h10-12,15H,4-9H2,1-3H3,(H,17,18). The molecule has 2 fully saturated rings. The summed E-state index contributed by atoms with van der Waals surface area (Å²) in [5.41, 5.74) is -0.702. The van der Waals surface area contributed by atoms with Crippen molar-refractivity contribution in [3.63, 3.8) is 0 Å². The monoisotopic (exact) mass is 254 g/mol. The molecule has 2 N–H and O–H groups in total. The number of hydrogen-bond donors (Lipinski definition) is 2. The summed E-state index contributed by atoms with van der Waals surface area (Å²) in [5.74, 6) is -0.201. The Morgan fingerprint density at radius 2 is 2.28 bits per heavy atom. The van der Waals surface area contributed by atoms with E-state index in [0.29, 0.717) is 18.0 Å². The first-order valence-electron chi connectivity index (χ1n) is 7.16. The normalized spacial score (nSPS) is 37.6. The maximum Gasteiger partial charge on any atom is 0.323 e. The van der Waals surface area contributed by atoms with E-state index in [1.165, 1.54) is 19.4 Å². The molecule has 0 saturated carbocycles. The summed E-state index contributed by atoms with van der Waals surface area (Å²) in [6.45, 7) is 8.38. The SMILES string of the molecule is CC(C)N1CCCC1CC1CNC(C)(C(=O)O)C1. The molecule has 0 aromatic carbocycles. The van der Waals surface area contributed by atoms with Crippen LogP contribution in [0.25, 0.3) is 0 Å². The van der Waals surface area contributed by atoms with Gasteiger partial charge in [-0.3, -0.25) is 9.69 Å². The lowest BCUT2D eigenvalue weighted by atomic mass is 9.90. The summed E-state index contributed by atoms with van der Waals surface area (Å²) in [7, 11) is 0. The molecule has 0 bridgehead atoms. The van der Waals surface area contributed by atoms with Crippen molar-refractivity contribution in [2.45, 2.75) is 64.1 Å². The zero-order valence-electron chi connectivity index (χ0n) is 11.8. The average molecular weight is 254 g/mol. The second-order valence-corrected chi connectivity index (χ2v) is 6.45. The van der Waals surface area contributed by atoms with Crippen molar-refractivity contribution in [3.8, 4) is 0 Å². The van der Waals surface area contributed by atoms with Crippen molar-refractivity contribution in [1.82, 2.24) is 10.2 Å². The molecule has 18 heavy (non-hydrogen) atoms.